The fraction of sp³-hybridized carbons (Fsp3) is 0.368. The standard InChI is InChI=1S/C19H25NO3S/c1-13-11-16(4)19(17(5)12-13)24(21,22)20-9-10-23-18-14(2)7-6-8-15(18)3/h6-8,11-12,20H,9-10H2,1-5H3. The molecule has 0 unspecified atom stereocenters. The van der Waals surface area contributed by atoms with Gasteiger partial charge in [0.25, 0.3) is 0 Å². The highest BCUT2D eigenvalue weighted by Gasteiger charge is 2.19. The zero-order valence-electron chi connectivity index (χ0n) is 14.9. The van der Waals surface area contributed by atoms with Crippen LogP contribution in [0.15, 0.2) is 35.2 Å². The van der Waals surface area contributed by atoms with Crippen molar-refractivity contribution in [1.29, 1.82) is 0 Å². The second-order valence-electron chi connectivity index (χ2n) is 6.20. The Labute approximate surface area is 144 Å². The molecule has 130 valence electrons. The number of hydrogen-bond acceptors (Lipinski definition) is 3. The molecule has 2 rings (SSSR count). The molecule has 0 saturated carbocycles. The topological polar surface area (TPSA) is 55.4 Å². The number of aryl methyl sites for hydroxylation is 5. The molecule has 2 aromatic rings. The number of para-hydroxylation sites is 1. The van der Waals surface area contributed by atoms with E-state index in [1.54, 1.807) is 0 Å². The van der Waals surface area contributed by atoms with Crippen molar-refractivity contribution in [3.8, 4) is 5.75 Å². The Morgan fingerprint density at radius 2 is 1.46 bits per heavy atom. The summed E-state index contributed by atoms with van der Waals surface area (Å²) in [7, 11) is -3.54. The van der Waals surface area contributed by atoms with Gasteiger partial charge in [-0.15, -0.1) is 0 Å². The SMILES string of the molecule is Cc1cc(C)c(S(=O)(=O)NCCOc2c(C)cccc2C)c(C)c1. The first-order valence-electron chi connectivity index (χ1n) is 7.99. The van der Waals surface area contributed by atoms with Crippen molar-refractivity contribution < 1.29 is 13.2 Å². The molecule has 24 heavy (non-hydrogen) atoms. The monoisotopic (exact) mass is 347 g/mol. The van der Waals surface area contributed by atoms with Crippen molar-refractivity contribution in [3.05, 3.63) is 58.1 Å². The summed E-state index contributed by atoms with van der Waals surface area (Å²) >= 11 is 0. The molecule has 1 N–H and O–H groups in total. The van der Waals surface area contributed by atoms with Gasteiger partial charge in [0.2, 0.25) is 10.0 Å². The van der Waals surface area contributed by atoms with Crippen LogP contribution in [-0.2, 0) is 10.0 Å². The highest BCUT2D eigenvalue weighted by Crippen LogP contribution is 2.23. The van der Waals surface area contributed by atoms with Crippen LogP contribution in [0.5, 0.6) is 5.75 Å². The second kappa shape index (κ2) is 7.36. The molecule has 0 fully saturated rings. The summed E-state index contributed by atoms with van der Waals surface area (Å²) in [6, 6.07) is 9.70. The Morgan fingerprint density at radius 3 is 2.00 bits per heavy atom. The largest absolute Gasteiger partial charge is 0.492 e. The molecule has 0 aromatic heterocycles. The first-order chi connectivity index (χ1) is 11.2. The van der Waals surface area contributed by atoms with Crippen molar-refractivity contribution in [2.24, 2.45) is 0 Å². The van der Waals surface area contributed by atoms with Gasteiger partial charge < -0.3 is 4.74 Å². The highest BCUT2D eigenvalue weighted by molar-refractivity contribution is 7.89. The predicted molar refractivity (Wildman–Crippen MR) is 97.3 cm³/mol. The molecule has 2 aromatic carbocycles. The Kier molecular flexibility index (Phi) is 5.67. The van der Waals surface area contributed by atoms with Gasteiger partial charge in [-0.05, 0) is 56.9 Å². The van der Waals surface area contributed by atoms with Gasteiger partial charge in [-0.3, -0.25) is 0 Å². The Bertz CT molecular complexity index is 798. The molecule has 0 aliphatic heterocycles. The van der Waals surface area contributed by atoms with E-state index in [-0.39, 0.29) is 13.2 Å². The van der Waals surface area contributed by atoms with Crippen LogP contribution in [0.4, 0.5) is 0 Å². The minimum atomic E-state index is -3.54. The molecular weight excluding hydrogens is 322 g/mol. The summed E-state index contributed by atoms with van der Waals surface area (Å²) in [5.74, 6) is 0.819. The van der Waals surface area contributed by atoms with E-state index in [1.165, 1.54) is 0 Å². The Balaban J connectivity index is 2.04. The fourth-order valence-corrected chi connectivity index (χ4v) is 4.48. The number of nitrogens with one attached hydrogen (secondary N) is 1. The molecule has 0 bridgehead atoms. The third-order valence-corrected chi connectivity index (χ3v) is 5.69. The lowest BCUT2D eigenvalue weighted by molar-refractivity contribution is 0.318. The average molecular weight is 347 g/mol. The van der Waals surface area contributed by atoms with Gasteiger partial charge in [-0.25, -0.2) is 13.1 Å². The number of hydrogen-bond donors (Lipinski definition) is 1. The minimum absolute atomic E-state index is 0.225. The van der Waals surface area contributed by atoms with Crippen LogP contribution >= 0.6 is 0 Å². The summed E-state index contributed by atoms with van der Waals surface area (Å²) in [6.45, 7) is 10.1. The van der Waals surface area contributed by atoms with Crippen molar-refractivity contribution in [3.63, 3.8) is 0 Å². The summed E-state index contributed by atoms with van der Waals surface area (Å²) < 4.78 is 33.5. The molecule has 0 aliphatic carbocycles. The maximum absolute atomic E-state index is 12.6. The van der Waals surface area contributed by atoms with Crippen LogP contribution in [0, 0.1) is 34.6 Å². The van der Waals surface area contributed by atoms with E-state index in [4.69, 9.17) is 4.74 Å². The first-order valence-corrected chi connectivity index (χ1v) is 9.47. The molecular formula is C19H25NO3S. The highest BCUT2D eigenvalue weighted by atomic mass is 32.2. The van der Waals surface area contributed by atoms with Crippen molar-refractivity contribution >= 4 is 10.0 Å². The molecule has 4 nitrogen and oxygen atoms in total. The molecule has 0 spiro atoms. The van der Waals surface area contributed by atoms with E-state index in [9.17, 15) is 8.42 Å². The normalized spacial score (nSPS) is 11.5. The average Bonchev–Trinajstić information content (AvgIpc) is 2.44. The molecule has 0 heterocycles. The van der Waals surface area contributed by atoms with Gasteiger partial charge in [0.1, 0.15) is 12.4 Å². The van der Waals surface area contributed by atoms with Crippen LogP contribution in [-0.4, -0.2) is 21.6 Å². The van der Waals surface area contributed by atoms with E-state index in [0.29, 0.717) is 4.90 Å². The molecule has 0 radical (unpaired) electrons. The number of benzene rings is 2. The lowest BCUT2D eigenvalue weighted by Gasteiger charge is -2.15. The lowest BCUT2D eigenvalue weighted by atomic mass is 10.1. The first kappa shape index (κ1) is 18.5. The zero-order valence-corrected chi connectivity index (χ0v) is 15.8. The maximum atomic E-state index is 12.6. The molecule has 0 saturated heterocycles. The van der Waals surface area contributed by atoms with E-state index < -0.39 is 10.0 Å². The van der Waals surface area contributed by atoms with E-state index in [1.807, 2.05) is 65.0 Å². The third kappa shape index (κ3) is 4.16. The third-order valence-electron chi connectivity index (χ3n) is 3.92. The maximum Gasteiger partial charge on any atom is 0.241 e. The summed E-state index contributed by atoms with van der Waals surface area (Å²) in [5.41, 5.74) is 4.67. The fourth-order valence-electron chi connectivity index (χ4n) is 3.02. The van der Waals surface area contributed by atoms with Crippen LogP contribution in [0.25, 0.3) is 0 Å². The van der Waals surface area contributed by atoms with Crippen molar-refractivity contribution in [2.45, 2.75) is 39.5 Å². The molecule has 0 aliphatic rings. The van der Waals surface area contributed by atoms with Gasteiger partial charge >= 0.3 is 0 Å². The number of sulfonamides is 1. The van der Waals surface area contributed by atoms with E-state index in [2.05, 4.69) is 4.72 Å². The minimum Gasteiger partial charge on any atom is -0.492 e. The van der Waals surface area contributed by atoms with Crippen LogP contribution in [0.1, 0.15) is 27.8 Å². The summed E-state index contributed by atoms with van der Waals surface area (Å²) in [5, 5.41) is 0. The van der Waals surface area contributed by atoms with E-state index >= 15 is 0 Å². The van der Waals surface area contributed by atoms with Gasteiger partial charge in [-0.1, -0.05) is 35.9 Å². The Morgan fingerprint density at radius 1 is 0.917 bits per heavy atom. The summed E-state index contributed by atoms with van der Waals surface area (Å²) in [4.78, 5) is 0.361. The van der Waals surface area contributed by atoms with Crippen LogP contribution in [0.3, 0.4) is 0 Å². The van der Waals surface area contributed by atoms with Gasteiger partial charge in [-0.2, -0.15) is 0 Å². The number of ether oxygens (including phenoxy) is 1. The van der Waals surface area contributed by atoms with Crippen LogP contribution < -0.4 is 9.46 Å². The quantitative estimate of drug-likeness (QED) is 0.813. The molecule has 5 heteroatoms. The smallest absolute Gasteiger partial charge is 0.241 e. The van der Waals surface area contributed by atoms with E-state index in [0.717, 1.165) is 33.6 Å². The van der Waals surface area contributed by atoms with Gasteiger partial charge in [0.15, 0.2) is 0 Å². The predicted octanol–water partition coefficient (Wildman–Crippen LogP) is 3.59. The van der Waals surface area contributed by atoms with Crippen molar-refractivity contribution in [1.82, 2.24) is 4.72 Å². The molecule has 0 atom stereocenters. The van der Waals surface area contributed by atoms with Gasteiger partial charge in [0.05, 0.1) is 4.90 Å². The van der Waals surface area contributed by atoms with Crippen LogP contribution in [0.2, 0.25) is 0 Å². The summed E-state index contributed by atoms with van der Waals surface area (Å²) in [6.07, 6.45) is 0. The molecule has 0 amide bonds. The lowest BCUT2D eigenvalue weighted by Crippen LogP contribution is -2.29. The zero-order chi connectivity index (χ0) is 17.9. The Hall–Kier alpha value is -1.85. The van der Waals surface area contributed by atoms with Gasteiger partial charge in [0, 0.05) is 6.54 Å². The van der Waals surface area contributed by atoms with Crippen molar-refractivity contribution in [2.75, 3.05) is 13.2 Å². The second-order valence-corrected chi connectivity index (χ2v) is 7.90. The number of rotatable bonds is 6.